The van der Waals surface area contributed by atoms with E-state index in [0.29, 0.717) is 11.3 Å². The predicted octanol–water partition coefficient (Wildman–Crippen LogP) is 2.74. The lowest BCUT2D eigenvalue weighted by Crippen LogP contribution is -2.36. The highest BCUT2D eigenvalue weighted by Crippen LogP contribution is 2.72. The second kappa shape index (κ2) is 5.03. The van der Waals surface area contributed by atoms with Crippen molar-refractivity contribution in [1.82, 2.24) is 0 Å². The Morgan fingerprint density at radius 1 is 1.04 bits per heavy atom. The van der Waals surface area contributed by atoms with E-state index in [1.165, 1.54) is 6.92 Å². The van der Waals surface area contributed by atoms with E-state index in [0.717, 1.165) is 12.8 Å². The smallest absolute Gasteiger partial charge is 0.307 e. The standard InChI is InChI=1S/C19H19NO4/c1-10(21)11-2-4-12(5-3-11)20-17(22)15-13-6-7-14(16(15)18(23)24)19(13)8-9-19/h2-7,13-16H,8-9H2,1H3,(H,20,22)(H,23,24)/t13-,14+,15+,16-/m0/s1. The summed E-state index contributed by atoms with van der Waals surface area (Å²) >= 11 is 0. The largest absolute Gasteiger partial charge is 0.481 e. The average Bonchev–Trinajstić information content (AvgIpc) is 3.21. The number of carbonyl (C=O) groups is 3. The molecule has 5 heteroatoms. The van der Waals surface area contributed by atoms with Crippen molar-refractivity contribution in [3.8, 4) is 0 Å². The van der Waals surface area contributed by atoms with Crippen LogP contribution in [-0.2, 0) is 9.59 Å². The summed E-state index contributed by atoms with van der Waals surface area (Å²) in [5.74, 6) is -2.30. The molecule has 2 N–H and O–H groups in total. The Bertz CT molecular complexity index is 760. The molecule has 1 spiro atoms. The minimum absolute atomic E-state index is 0.0174. The molecule has 1 amide bonds. The van der Waals surface area contributed by atoms with Crippen molar-refractivity contribution < 1.29 is 19.5 Å². The van der Waals surface area contributed by atoms with Crippen molar-refractivity contribution in [1.29, 1.82) is 0 Å². The summed E-state index contributed by atoms with van der Waals surface area (Å²) < 4.78 is 0. The Morgan fingerprint density at radius 3 is 2.12 bits per heavy atom. The molecule has 124 valence electrons. The number of ketones is 1. The SMILES string of the molecule is CC(=O)c1ccc(NC(=O)[C@H]2[C@@H](C(=O)O)[C@H]3C=C[C@@H]2C32CC2)cc1. The summed E-state index contributed by atoms with van der Waals surface area (Å²) in [6.07, 6.45) is 6.06. The van der Waals surface area contributed by atoms with E-state index in [9.17, 15) is 19.5 Å². The van der Waals surface area contributed by atoms with Gasteiger partial charge in [-0.05, 0) is 61.3 Å². The van der Waals surface area contributed by atoms with Gasteiger partial charge in [0.25, 0.3) is 0 Å². The molecule has 1 aromatic carbocycles. The number of allylic oxidation sites excluding steroid dienone is 2. The minimum Gasteiger partial charge on any atom is -0.481 e. The van der Waals surface area contributed by atoms with E-state index in [4.69, 9.17) is 0 Å². The maximum atomic E-state index is 12.8. The van der Waals surface area contributed by atoms with Gasteiger partial charge in [-0.25, -0.2) is 0 Å². The van der Waals surface area contributed by atoms with Gasteiger partial charge in [0.2, 0.25) is 5.91 Å². The lowest BCUT2D eigenvalue weighted by Gasteiger charge is -2.23. The number of anilines is 1. The van der Waals surface area contributed by atoms with Crippen molar-refractivity contribution in [2.24, 2.45) is 29.1 Å². The Labute approximate surface area is 139 Å². The van der Waals surface area contributed by atoms with Crippen molar-refractivity contribution in [2.75, 3.05) is 5.32 Å². The molecular weight excluding hydrogens is 306 g/mol. The molecule has 2 fully saturated rings. The second-order valence-electron chi connectivity index (χ2n) is 7.18. The highest BCUT2D eigenvalue weighted by atomic mass is 16.4. The first kappa shape index (κ1) is 15.1. The van der Waals surface area contributed by atoms with Gasteiger partial charge in [0, 0.05) is 11.3 Å². The molecule has 0 saturated heterocycles. The normalized spacial score (nSPS) is 31.2. The van der Waals surface area contributed by atoms with Crippen LogP contribution >= 0.6 is 0 Å². The number of Topliss-reactive ketones (excluding diaryl/α,β-unsaturated/α-hetero) is 1. The van der Waals surface area contributed by atoms with Gasteiger partial charge in [-0.1, -0.05) is 12.2 Å². The van der Waals surface area contributed by atoms with Crippen LogP contribution in [0.5, 0.6) is 0 Å². The number of benzene rings is 1. The van der Waals surface area contributed by atoms with Crippen LogP contribution in [0.3, 0.4) is 0 Å². The number of hydrogen-bond acceptors (Lipinski definition) is 3. The molecule has 3 aliphatic rings. The van der Waals surface area contributed by atoms with Crippen molar-refractivity contribution in [2.45, 2.75) is 19.8 Å². The topological polar surface area (TPSA) is 83.5 Å². The molecule has 24 heavy (non-hydrogen) atoms. The molecule has 0 radical (unpaired) electrons. The number of carboxylic acids is 1. The van der Waals surface area contributed by atoms with Crippen molar-refractivity contribution in [3.05, 3.63) is 42.0 Å². The number of hydrogen-bond donors (Lipinski definition) is 2. The zero-order chi connectivity index (χ0) is 17.1. The van der Waals surface area contributed by atoms with Crippen LogP contribution in [0.4, 0.5) is 5.69 Å². The van der Waals surface area contributed by atoms with Crippen LogP contribution in [-0.4, -0.2) is 22.8 Å². The Balaban J connectivity index is 1.56. The molecule has 3 aliphatic carbocycles. The third-order valence-electron chi connectivity index (χ3n) is 5.99. The fourth-order valence-electron chi connectivity index (χ4n) is 4.70. The highest BCUT2D eigenvalue weighted by molar-refractivity contribution is 5.98. The van der Waals surface area contributed by atoms with E-state index >= 15 is 0 Å². The molecule has 2 bridgehead atoms. The lowest BCUT2D eigenvalue weighted by molar-refractivity contribution is -0.146. The van der Waals surface area contributed by atoms with Crippen LogP contribution < -0.4 is 5.32 Å². The first-order chi connectivity index (χ1) is 11.4. The van der Waals surface area contributed by atoms with E-state index in [1.807, 2.05) is 12.2 Å². The second-order valence-corrected chi connectivity index (χ2v) is 7.18. The number of rotatable bonds is 4. The molecule has 0 aliphatic heterocycles. The van der Waals surface area contributed by atoms with Crippen molar-refractivity contribution in [3.63, 3.8) is 0 Å². The monoisotopic (exact) mass is 325 g/mol. The lowest BCUT2D eigenvalue weighted by atomic mass is 9.82. The van der Waals surface area contributed by atoms with Gasteiger partial charge in [0.15, 0.2) is 5.78 Å². The van der Waals surface area contributed by atoms with Crippen LogP contribution in [0, 0.1) is 29.1 Å². The zero-order valence-electron chi connectivity index (χ0n) is 13.4. The molecule has 2 saturated carbocycles. The fourth-order valence-corrected chi connectivity index (χ4v) is 4.70. The molecule has 0 heterocycles. The number of carboxylic acid groups (broad SMARTS) is 1. The van der Waals surface area contributed by atoms with Crippen LogP contribution in [0.25, 0.3) is 0 Å². The summed E-state index contributed by atoms with van der Waals surface area (Å²) in [7, 11) is 0. The number of nitrogens with one attached hydrogen (secondary N) is 1. The Kier molecular flexibility index (Phi) is 3.17. The molecular formula is C19H19NO4. The summed E-state index contributed by atoms with van der Waals surface area (Å²) in [5.41, 5.74) is 1.19. The molecule has 1 aromatic rings. The Morgan fingerprint density at radius 2 is 1.62 bits per heavy atom. The molecule has 5 nitrogen and oxygen atoms in total. The van der Waals surface area contributed by atoms with Crippen LogP contribution in [0.2, 0.25) is 0 Å². The average molecular weight is 325 g/mol. The predicted molar refractivity (Wildman–Crippen MR) is 87.5 cm³/mol. The molecule has 0 unspecified atom stereocenters. The zero-order valence-corrected chi connectivity index (χ0v) is 13.4. The molecule has 4 rings (SSSR count). The maximum absolute atomic E-state index is 12.8. The molecule has 0 aromatic heterocycles. The van der Waals surface area contributed by atoms with Gasteiger partial charge >= 0.3 is 5.97 Å². The van der Waals surface area contributed by atoms with Gasteiger partial charge < -0.3 is 10.4 Å². The first-order valence-electron chi connectivity index (χ1n) is 8.27. The van der Waals surface area contributed by atoms with Gasteiger partial charge in [-0.3, -0.25) is 14.4 Å². The quantitative estimate of drug-likeness (QED) is 0.658. The fraction of sp³-hybridized carbons (Fsp3) is 0.421. The van der Waals surface area contributed by atoms with Crippen LogP contribution in [0.15, 0.2) is 36.4 Å². The third-order valence-corrected chi connectivity index (χ3v) is 5.99. The summed E-state index contributed by atoms with van der Waals surface area (Å²) in [6, 6.07) is 6.69. The number of carbonyl (C=O) groups excluding carboxylic acids is 2. The van der Waals surface area contributed by atoms with Crippen molar-refractivity contribution >= 4 is 23.3 Å². The summed E-state index contributed by atoms with van der Waals surface area (Å²) in [4.78, 5) is 35.8. The van der Waals surface area contributed by atoms with E-state index in [-0.39, 0.29) is 28.9 Å². The van der Waals surface area contributed by atoms with Gasteiger partial charge in [0.1, 0.15) is 0 Å². The van der Waals surface area contributed by atoms with Gasteiger partial charge in [0.05, 0.1) is 11.8 Å². The summed E-state index contributed by atoms with van der Waals surface area (Å²) in [6.45, 7) is 1.49. The third kappa shape index (κ3) is 2.04. The minimum atomic E-state index is -0.884. The van der Waals surface area contributed by atoms with E-state index in [1.54, 1.807) is 24.3 Å². The molecule has 4 atom stereocenters. The first-order valence-corrected chi connectivity index (χ1v) is 8.27. The van der Waals surface area contributed by atoms with Gasteiger partial charge in [-0.2, -0.15) is 0 Å². The number of amides is 1. The summed E-state index contributed by atoms with van der Waals surface area (Å²) in [5, 5.41) is 12.5. The number of aliphatic carboxylic acids is 1. The van der Waals surface area contributed by atoms with Gasteiger partial charge in [-0.15, -0.1) is 0 Å². The van der Waals surface area contributed by atoms with E-state index in [2.05, 4.69) is 5.32 Å². The Hall–Kier alpha value is -2.43. The van der Waals surface area contributed by atoms with Crippen LogP contribution in [0.1, 0.15) is 30.1 Å². The van der Waals surface area contributed by atoms with E-state index < -0.39 is 17.8 Å². The maximum Gasteiger partial charge on any atom is 0.307 e. The highest BCUT2D eigenvalue weighted by Gasteiger charge is 2.70.